The van der Waals surface area contributed by atoms with Gasteiger partial charge in [-0.05, 0) is 5.92 Å². The number of phenolic OH excluding ortho intramolecular Hbond substituents is 1. The van der Waals surface area contributed by atoms with Gasteiger partial charge in [0, 0.05) is 0 Å². The van der Waals surface area contributed by atoms with Gasteiger partial charge < -0.3 is 9.84 Å². The maximum absolute atomic E-state index is 13.4. The number of benzene rings is 1. The first-order valence-corrected chi connectivity index (χ1v) is 4.94. The Bertz CT molecular complexity index is 461. The number of phenols is 1. The number of aromatic hydroxyl groups is 1. The Morgan fingerprint density at radius 1 is 1.28 bits per heavy atom. The molecule has 100 valence electrons. The standard InChI is InChI=1S/C10H10F3NO4/c1-4(2)3-18-10-6(12)5(11)8(14(16)17)9(15)7(10)13/h4,15H,3H2,1-2H3. The molecule has 0 saturated carbocycles. The summed E-state index contributed by atoms with van der Waals surface area (Å²) >= 11 is 0. The van der Waals surface area contributed by atoms with Crippen molar-refractivity contribution in [3.8, 4) is 11.5 Å². The number of hydrogen-bond donors (Lipinski definition) is 1. The van der Waals surface area contributed by atoms with Crippen molar-refractivity contribution in [1.29, 1.82) is 0 Å². The number of nitro benzene ring substituents is 1. The summed E-state index contributed by atoms with van der Waals surface area (Å²) in [5.74, 6) is -8.34. The summed E-state index contributed by atoms with van der Waals surface area (Å²) in [7, 11) is 0. The van der Waals surface area contributed by atoms with E-state index in [1.807, 2.05) is 0 Å². The molecule has 0 heterocycles. The van der Waals surface area contributed by atoms with Gasteiger partial charge in [0.05, 0.1) is 11.5 Å². The van der Waals surface area contributed by atoms with Crippen molar-refractivity contribution in [3.05, 3.63) is 27.6 Å². The zero-order valence-electron chi connectivity index (χ0n) is 9.54. The van der Waals surface area contributed by atoms with Gasteiger partial charge in [0.15, 0.2) is 5.75 Å². The molecular weight excluding hydrogens is 255 g/mol. The summed E-state index contributed by atoms with van der Waals surface area (Å²) < 4.78 is 44.7. The average Bonchev–Trinajstić information content (AvgIpc) is 2.26. The summed E-state index contributed by atoms with van der Waals surface area (Å²) in [4.78, 5) is 8.94. The van der Waals surface area contributed by atoms with Crippen molar-refractivity contribution in [2.24, 2.45) is 5.92 Å². The minimum absolute atomic E-state index is 0.107. The monoisotopic (exact) mass is 265 g/mol. The van der Waals surface area contributed by atoms with E-state index in [-0.39, 0.29) is 12.5 Å². The molecule has 18 heavy (non-hydrogen) atoms. The number of nitro groups is 1. The lowest BCUT2D eigenvalue weighted by Gasteiger charge is -2.11. The summed E-state index contributed by atoms with van der Waals surface area (Å²) in [6.07, 6.45) is 0. The molecule has 1 aromatic carbocycles. The van der Waals surface area contributed by atoms with E-state index in [1.165, 1.54) is 0 Å². The number of ether oxygens (including phenoxy) is 1. The van der Waals surface area contributed by atoms with Crippen LogP contribution in [0.25, 0.3) is 0 Å². The lowest BCUT2D eigenvalue weighted by atomic mass is 10.2. The largest absolute Gasteiger partial charge is 0.500 e. The van der Waals surface area contributed by atoms with Crippen molar-refractivity contribution in [2.75, 3.05) is 6.61 Å². The third-order valence-corrected chi connectivity index (χ3v) is 1.98. The van der Waals surface area contributed by atoms with Crippen LogP contribution in [0.3, 0.4) is 0 Å². The molecular formula is C10H10F3NO4. The first-order valence-electron chi connectivity index (χ1n) is 4.94. The van der Waals surface area contributed by atoms with Crippen LogP contribution >= 0.6 is 0 Å². The molecule has 1 aromatic rings. The Labute approximate surface area is 99.9 Å². The van der Waals surface area contributed by atoms with Gasteiger partial charge in [0.25, 0.3) is 0 Å². The van der Waals surface area contributed by atoms with Crippen LogP contribution in [-0.2, 0) is 0 Å². The molecule has 0 radical (unpaired) electrons. The van der Waals surface area contributed by atoms with E-state index in [0.29, 0.717) is 0 Å². The van der Waals surface area contributed by atoms with Gasteiger partial charge in [-0.15, -0.1) is 0 Å². The Morgan fingerprint density at radius 3 is 2.28 bits per heavy atom. The van der Waals surface area contributed by atoms with Crippen molar-refractivity contribution in [1.82, 2.24) is 0 Å². The number of hydrogen-bond acceptors (Lipinski definition) is 4. The van der Waals surface area contributed by atoms with Gasteiger partial charge in [-0.2, -0.15) is 13.2 Å². The molecule has 0 saturated heterocycles. The van der Waals surface area contributed by atoms with E-state index in [0.717, 1.165) is 0 Å². The molecule has 0 unspecified atom stereocenters. The van der Waals surface area contributed by atoms with Crippen molar-refractivity contribution in [3.63, 3.8) is 0 Å². The first kappa shape index (κ1) is 14.1. The van der Waals surface area contributed by atoms with Crippen molar-refractivity contribution < 1.29 is 27.9 Å². The predicted molar refractivity (Wildman–Crippen MR) is 55.0 cm³/mol. The smallest absolute Gasteiger partial charge is 0.352 e. The van der Waals surface area contributed by atoms with E-state index in [4.69, 9.17) is 5.11 Å². The predicted octanol–water partition coefficient (Wildman–Crippen LogP) is 2.75. The molecule has 1 N–H and O–H groups in total. The molecule has 0 atom stereocenters. The number of nitrogens with zero attached hydrogens (tertiary/aromatic N) is 1. The van der Waals surface area contributed by atoms with Gasteiger partial charge in [0.1, 0.15) is 0 Å². The third kappa shape index (κ3) is 2.47. The highest BCUT2D eigenvalue weighted by Crippen LogP contribution is 2.40. The van der Waals surface area contributed by atoms with Gasteiger partial charge >= 0.3 is 5.69 Å². The summed E-state index contributed by atoms with van der Waals surface area (Å²) in [6, 6.07) is 0. The minimum atomic E-state index is -1.96. The molecule has 0 fully saturated rings. The Morgan fingerprint density at radius 2 is 1.83 bits per heavy atom. The normalized spacial score (nSPS) is 10.8. The first-order chi connectivity index (χ1) is 8.27. The van der Waals surface area contributed by atoms with Crippen LogP contribution in [0.5, 0.6) is 11.5 Å². The van der Waals surface area contributed by atoms with Gasteiger partial charge in [-0.3, -0.25) is 10.1 Å². The number of halogens is 3. The molecule has 0 aliphatic heterocycles. The van der Waals surface area contributed by atoms with Crippen molar-refractivity contribution >= 4 is 5.69 Å². The second kappa shape index (κ2) is 5.11. The SMILES string of the molecule is CC(C)COc1c(F)c(O)c([N+](=O)[O-])c(F)c1F. The fraction of sp³-hybridized carbons (Fsp3) is 0.400. The Hall–Kier alpha value is -1.99. The Kier molecular flexibility index (Phi) is 4.00. The molecule has 5 nitrogen and oxygen atoms in total. The van der Waals surface area contributed by atoms with Crippen LogP contribution < -0.4 is 4.74 Å². The molecule has 0 aromatic heterocycles. The summed E-state index contributed by atoms with van der Waals surface area (Å²) in [5, 5.41) is 19.5. The van der Waals surface area contributed by atoms with E-state index in [9.17, 15) is 23.3 Å². The van der Waals surface area contributed by atoms with Crippen LogP contribution in [-0.4, -0.2) is 16.6 Å². The average molecular weight is 265 g/mol. The number of rotatable bonds is 4. The van der Waals surface area contributed by atoms with Crippen molar-refractivity contribution in [2.45, 2.75) is 13.8 Å². The maximum atomic E-state index is 13.4. The van der Waals surface area contributed by atoms with Gasteiger partial charge in [-0.1, -0.05) is 13.8 Å². The molecule has 0 amide bonds. The van der Waals surface area contributed by atoms with Gasteiger partial charge in [-0.25, -0.2) is 0 Å². The minimum Gasteiger partial charge on any atom is -0.500 e. The highest BCUT2D eigenvalue weighted by Gasteiger charge is 2.33. The van der Waals surface area contributed by atoms with Crippen LogP contribution in [0, 0.1) is 33.5 Å². The Balaban J connectivity index is 3.34. The summed E-state index contributed by atoms with van der Waals surface area (Å²) in [6.45, 7) is 3.22. The fourth-order valence-corrected chi connectivity index (χ4v) is 1.16. The lowest BCUT2D eigenvalue weighted by Crippen LogP contribution is -2.09. The molecule has 0 aliphatic rings. The van der Waals surface area contributed by atoms with E-state index in [1.54, 1.807) is 13.8 Å². The van der Waals surface area contributed by atoms with E-state index < -0.39 is 39.6 Å². The van der Waals surface area contributed by atoms with Crippen LogP contribution in [0.15, 0.2) is 0 Å². The molecule has 0 bridgehead atoms. The highest BCUT2D eigenvalue weighted by molar-refractivity contribution is 5.53. The quantitative estimate of drug-likeness (QED) is 0.516. The highest BCUT2D eigenvalue weighted by atomic mass is 19.2. The molecule has 0 aliphatic carbocycles. The van der Waals surface area contributed by atoms with E-state index in [2.05, 4.69) is 4.74 Å². The third-order valence-electron chi connectivity index (χ3n) is 1.98. The maximum Gasteiger partial charge on any atom is 0.352 e. The summed E-state index contributed by atoms with van der Waals surface area (Å²) in [5.41, 5.74) is -1.65. The zero-order valence-corrected chi connectivity index (χ0v) is 9.54. The molecule has 1 rings (SSSR count). The topological polar surface area (TPSA) is 72.6 Å². The lowest BCUT2D eigenvalue weighted by molar-refractivity contribution is -0.389. The van der Waals surface area contributed by atoms with Crippen LogP contribution in [0.4, 0.5) is 18.9 Å². The van der Waals surface area contributed by atoms with Crippen LogP contribution in [0.2, 0.25) is 0 Å². The fourth-order valence-electron chi connectivity index (χ4n) is 1.16. The van der Waals surface area contributed by atoms with Gasteiger partial charge in [0.2, 0.25) is 23.2 Å². The molecule has 0 spiro atoms. The van der Waals surface area contributed by atoms with E-state index >= 15 is 0 Å². The zero-order chi connectivity index (χ0) is 14.0. The second-order valence-electron chi connectivity index (χ2n) is 3.93. The molecule has 8 heteroatoms. The second-order valence-corrected chi connectivity index (χ2v) is 3.93. The van der Waals surface area contributed by atoms with Crippen LogP contribution in [0.1, 0.15) is 13.8 Å².